The average Bonchev–Trinajstić information content (AvgIpc) is 3.13. The fourth-order valence-electron chi connectivity index (χ4n) is 3.00. The molecule has 0 amide bonds. The Hall–Kier alpha value is -3.22. The molecule has 2 aromatic carbocycles. The first-order valence-corrected chi connectivity index (χ1v) is 9.28. The number of para-hydroxylation sites is 1. The third-order valence-electron chi connectivity index (χ3n) is 4.38. The van der Waals surface area contributed by atoms with Crippen molar-refractivity contribution in [3.05, 3.63) is 87.8 Å². The lowest BCUT2D eigenvalue weighted by Gasteiger charge is -2.05. The number of halogens is 2. The largest absolute Gasteiger partial charge is 0.464 e. The van der Waals surface area contributed by atoms with Gasteiger partial charge < -0.3 is 4.74 Å². The molecule has 0 atom stereocenters. The Morgan fingerprint density at radius 2 is 1.69 bits per heavy atom. The van der Waals surface area contributed by atoms with E-state index in [0.717, 1.165) is 0 Å². The van der Waals surface area contributed by atoms with E-state index in [2.05, 4.69) is 14.8 Å². The minimum Gasteiger partial charge on any atom is -0.464 e. The van der Waals surface area contributed by atoms with Crippen LogP contribution in [-0.4, -0.2) is 33.6 Å². The number of hydrogen-bond acceptors (Lipinski definition) is 5. The van der Waals surface area contributed by atoms with E-state index in [0.29, 0.717) is 16.6 Å². The highest BCUT2D eigenvalue weighted by Crippen LogP contribution is 2.30. The van der Waals surface area contributed by atoms with Gasteiger partial charge in [-0.2, -0.15) is 5.10 Å². The van der Waals surface area contributed by atoms with Crippen molar-refractivity contribution in [1.82, 2.24) is 14.8 Å². The second kappa shape index (κ2) is 7.66. The molecule has 0 aliphatic rings. The normalized spacial score (nSPS) is 10.9. The van der Waals surface area contributed by atoms with E-state index >= 15 is 0 Å². The van der Waals surface area contributed by atoms with E-state index in [1.165, 1.54) is 19.4 Å². The van der Waals surface area contributed by atoms with Crippen LogP contribution in [0.4, 0.5) is 0 Å². The molecule has 2 heterocycles. The van der Waals surface area contributed by atoms with Crippen LogP contribution < -0.4 is 0 Å². The molecular formula is C21H13Cl2N3O3. The number of carbonyl (C=O) groups excluding carboxylic acids is 2. The van der Waals surface area contributed by atoms with Crippen LogP contribution in [0.15, 0.2) is 60.8 Å². The van der Waals surface area contributed by atoms with E-state index in [9.17, 15) is 9.59 Å². The topological polar surface area (TPSA) is 74.1 Å². The van der Waals surface area contributed by atoms with Crippen LogP contribution in [0.2, 0.25) is 10.0 Å². The number of rotatable bonds is 4. The van der Waals surface area contributed by atoms with Crippen LogP contribution in [0.5, 0.6) is 0 Å². The molecule has 0 saturated carbocycles. The van der Waals surface area contributed by atoms with Crippen LogP contribution >= 0.6 is 23.2 Å². The van der Waals surface area contributed by atoms with Gasteiger partial charge in [0.2, 0.25) is 5.78 Å². The maximum atomic E-state index is 13.2. The number of nitrogens with zero attached hydrogens (tertiary/aromatic N) is 3. The molecule has 0 aliphatic heterocycles. The highest BCUT2D eigenvalue weighted by atomic mass is 35.5. The smallest absolute Gasteiger partial charge is 0.356 e. The molecule has 0 aliphatic carbocycles. The molecule has 0 fully saturated rings. The van der Waals surface area contributed by atoms with Gasteiger partial charge in [-0.1, -0.05) is 47.5 Å². The number of benzene rings is 2. The Labute approximate surface area is 175 Å². The molecule has 6 nitrogen and oxygen atoms in total. The van der Waals surface area contributed by atoms with E-state index < -0.39 is 5.97 Å². The molecule has 0 unspecified atom stereocenters. The number of fused-ring (bicyclic) bond motifs is 1. The van der Waals surface area contributed by atoms with Gasteiger partial charge in [0.05, 0.1) is 40.1 Å². The lowest BCUT2D eigenvalue weighted by molar-refractivity contribution is 0.0594. The first-order chi connectivity index (χ1) is 14.0. The fraction of sp³-hybridized carbons (Fsp3) is 0.0476. The second-order valence-corrected chi connectivity index (χ2v) is 6.91. The van der Waals surface area contributed by atoms with Crippen molar-refractivity contribution in [1.29, 1.82) is 0 Å². The zero-order valence-corrected chi connectivity index (χ0v) is 16.6. The summed E-state index contributed by atoms with van der Waals surface area (Å²) in [6.45, 7) is 0. The highest BCUT2D eigenvalue weighted by Gasteiger charge is 2.23. The number of ether oxygens (including phenoxy) is 1. The van der Waals surface area contributed by atoms with Crippen molar-refractivity contribution in [3.8, 4) is 5.69 Å². The van der Waals surface area contributed by atoms with E-state index in [-0.39, 0.29) is 32.8 Å². The summed E-state index contributed by atoms with van der Waals surface area (Å²) in [5, 5.41) is 5.66. The maximum Gasteiger partial charge on any atom is 0.356 e. The van der Waals surface area contributed by atoms with Crippen molar-refractivity contribution in [2.75, 3.05) is 7.11 Å². The van der Waals surface area contributed by atoms with Crippen LogP contribution in [0.1, 0.15) is 26.5 Å². The number of methoxy groups -OCH3 is 1. The number of carbonyl (C=O) groups is 2. The summed E-state index contributed by atoms with van der Waals surface area (Å²) < 4.78 is 6.25. The molecule has 4 aromatic rings. The molecule has 0 N–H and O–H groups in total. The summed E-state index contributed by atoms with van der Waals surface area (Å²) in [4.78, 5) is 28.9. The minimum absolute atomic E-state index is 0.173. The van der Waals surface area contributed by atoms with Gasteiger partial charge in [-0.25, -0.2) is 14.5 Å². The number of aromatic nitrogens is 3. The van der Waals surface area contributed by atoms with Crippen molar-refractivity contribution in [2.45, 2.75) is 0 Å². The lowest BCUT2D eigenvalue weighted by Crippen LogP contribution is -2.07. The van der Waals surface area contributed by atoms with Crippen LogP contribution in [-0.2, 0) is 4.74 Å². The average molecular weight is 426 g/mol. The van der Waals surface area contributed by atoms with Gasteiger partial charge in [-0.05, 0) is 30.3 Å². The van der Waals surface area contributed by atoms with Crippen LogP contribution in [0.3, 0.4) is 0 Å². The molecule has 0 radical (unpaired) electrons. The molecule has 0 spiro atoms. The first-order valence-electron chi connectivity index (χ1n) is 8.52. The molecule has 4 rings (SSSR count). The van der Waals surface area contributed by atoms with Crippen molar-refractivity contribution in [2.24, 2.45) is 0 Å². The summed E-state index contributed by atoms with van der Waals surface area (Å²) in [6.07, 6.45) is 1.49. The molecular weight excluding hydrogens is 413 g/mol. The monoisotopic (exact) mass is 425 g/mol. The standard InChI is InChI=1S/C21H13Cl2N3O3/c1-29-21(28)16-10-9-12(11-24-16)26-17-8-3-2-5-13(17)19(25-26)20(27)18-14(22)6-4-7-15(18)23/h2-11H,1H3. The van der Waals surface area contributed by atoms with Crippen molar-refractivity contribution < 1.29 is 14.3 Å². The van der Waals surface area contributed by atoms with Crippen LogP contribution in [0, 0.1) is 0 Å². The lowest BCUT2D eigenvalue weighted by atomic mass is 10.1. The number of hydrogen-bond donors (Lipinski definition) is 0. The third kappa shape index (κ3) is 3.37. The Bertz CT molecular complexity index is 1230. The highest BCUT2D eigenvalue weighted by molar-refractivity contribution is 6.41. The SMILES string of the molecule is COC(=O)c1ccc(-n2nc(C(=O)c3c(Cl)cccc3Cl)c3ccccc32)cn1. The first kappa shape index (κ1) is 19.1. The van der Waals surface area contributed by atoms with E-state index in [1.54, 1.807) is 35.0 Å². The summed E-state index contributed by atoms with van der Waals surface area (Å²) >= 11 is 12.4. The molecule has 0 saturated heterocycles. The van der Waals surface area contributed by atoms with Gasteiger partial charge >= 0.3 is 5.97 Å². The molecule has 29 heavy (non-hydrogen) atoms. The van der Waals surface area contributed by atoms with Gasteiger partial charge in [0, 0.05) is 5.39 Å². The Morgan fingerprint density at radius 3 is 2.34 bits per heavy atom. The zero-order chi connectivity index (χ0) is 20.5. The predicted molar refractivity (Wildman–Crippen MR) is 110 cm³/mol. The molecule has 144 valence electrons. The number of esters is 1. The Morgan fingerprint density at radius 1 is 0.966 bits per heavy atom. The maximum absolute atomic E-state index is 13.2. The van der Waals surface area contributed by atoms with Gasteiger partial charge in [0.1, 0.15) is 11.4 Å². The van der Waals surface area contributed by atoms with Gasteiger partial charge in [-0.3, -0.25) is 4.79 Å². The predicted octanol–water partition coefficient (Wildman–Crippen LogP) is 4.74. The molecule has 2 aromatic heterocycles. The zero-order valence-electron chi connectivity index (χ0n) is 15.1. The van der Waals surface area contributed by atoms with E-state index in [4.69, 9.17) is 23.2 Å². The second-order valence-electron chi connectivity index (χ2n) is 6.10. The minimum atomic E-state index is -0.536. The summed E-state index contributed by atoms with van der Waals surface area (Å²) in [6, 6.07) is 15.4. The number of ketones is 1. The molecule has 8 heteroatoms. The number of pyridine rings is 1. The van der Waals surface area contributed by atoms with Gasteiger partial charge in [0.15, 0.2) is 0 Å². The Kier molecular flexibility index (Phi) is 5.05. The van der Waals surface area contributed by atoms with E-state index in [1.807, 2.05) is 18.2 Å². The van der Waals surface area contributed by atoms with Crippen LogP contribution in [0.25, 0.3) is 16.6 Å². The van der Waals surface area contributed by atoms with Crippen molar-refractivity contribution >= 4 is 45.9 Å². The Balaban J connectivity index is 1.86. The molecule has 0 bridgehead atoms. The van der Waals surface area contributed by atoms with Crippen molar-refractivity contribution in [3.63, 3.8) is 0 Å². The fourth-order valence-corrected chi connectivity index (χ4v) is 3.57. The summed E-state index contributed by atoms with van der Waals surface area (Å²) in [7, 11) is 1.29. The quantitative estimate of drug-likeness (QED) is 0.348. The van der Waals surface area contributed by atoms with Gasteiger partial charge in [0.25, 0.3) is 0 Å². The third-order valence-corrected chi connectivity index (χ3v) is 5.01. The van der Waals surface area contributed by atoms with Gasteiger partial charge in [-0.15, -0.1) is 0 Å². The summed E-state index contributed by atoms with van der Waals surface area (Å²) in [5.74, 6) is -0.916. The summed E-state index contributed by atoms with van der Waals surface area (Å²) in [5.41, 5.74) is 1.87.